The summed E-state index contributed by atoms with van der Waals surface area (Å²) in [6.07, 6.45) is 5.29. The molecule has 0 saturated heterocycles. The van der Waals surface area contributed by atoms with Gasteiger partial charge in [0.15, 0.2) is 5.58 Å². The standard InChI is InChI=1S/C19H17N5O3/c1-23-11-14(10-22-23)18-13(5-4-8-20-18)9-21-17(25)12-24-15-6-2-3-7-16(15)27-19(24)26/h2-8,10-11H,9,12H2,1H3,(H,21,25). The van der Waals surface area contributed by atoms with Crippen LogP contribution in [-0.4, -0.2) is 25.2 Å². The van der Waals surface area contributed by atoms with E-state index >= 15 is 0 Å². The Morgan fingerprint density at radius 1 is 1.22 bits per heavy atom. The minimum absolute atomic E-state index is 0.113. The summed E-state index contributed by atoms with van der Waals surface area (Å²) in [6, 6.07) is 10.7. The summed E-state index contributed by atoms with van der Waals surface area (Å²) in [5.74, 6) is -0.839. The van der Waals surface area contributed by atoms with Crippen LogP contribution in [0.1, 0.15) is 5.56 Å². The summed E-state index contributed by atoms with van der Waals surface area (Å²) < 4.78 is 8.16. The van der Waals surface area contributed by atoms with E-state index in [1.54, 1.807) is 41.3 Å². The van der Waals surface area contributed by atoms with Crippen molar-refractivity contribution in [1.29, 1.82) is 0 Å². The third-order valence-corrected chi connectivity index (χ3v) is 4.22. The van der Waals surface area contributed by atoms with E-state index in [1.165, 1.54) is 4.57 Å². The fourth-order valence-electron chi connectivity index (χ4n) is 2.94. The number of pyridine rings is 1. The van der Waals surface area contributed by atoms with Crippen LogP contribution in [-0.2, 0) is 24.9 Å². The van der Waals surface area contributed by atoms with Gasteiger partial charge in [-0.2, -0.15) is 5.10 Å². The Balaban J connectivity index is 1.50. The molecule has 0 unspecified atom stereocenters. The number of hydrogen-bond acceptors (Lipinski definition) is 5. The molecule has 27 heavy (non-hydrogen) atoms. The molecule has 1 N–H and O–H groups in total. The van der Waals surface area contributed by atoms with Gasteiger partial charge in [-0.05, 0) is 23.8 Å². The van der Waals surface area contributed by atoms with Crippen molar-refractivity contribution in [2.24, 2.45) is 7.05 Å². The summed E-state index contributed by atoms with van der Waals surface area (Å²) in [4.78, 5) is 28.8. The van der Waals surface area contributed by atoms with Gasteiger partial charge in [0, 0.05) is 31.5 Å². The molecule has 0 atom stereocenters. The van der Waals surface area contributed by atoms with Gasteiger partial charge < -0.3 is 9.73 Å². The largest absolute Gasteiger partial charge is 0.420 e. The third-order valence-electron chi connectivity index (χ3n) is 4.22. The molecule has 0 bridgehead atoms. The molecule has 8 nitrogen and oxygen atoms in total. The van der Waals surface area contributed by atoms with Crippen LogP contribution in [0.2, 0.25) is 0 Å². The van der Waals surface area contributed by atoms with E-state index in [1.807, 2.05) is 25.4 Å². The fourth-order valence-corrected chi connectivity index (χ4v) is 2.94. The molecule has 1 aromatic carbocycles. The van der Waals surface area contributed by atoms with Crippen molar-refractivity contribution < 1.29 is 9.21 Å². The quantitative estimate of drug-likeness (QED) is 0.582. The first-order chi connectivity index (χ1) is 13.1. The predicted octanol–water partition coefficient (Wildman–Crippen LogP) is 1.71. The van der Waals surface area contributed by atoms with Crippen molar-refractivity contribution >= 4 is 17.0 Å². The van der Waals surface area contributed by atoms with E-state index in [-0.39, 0.29) is 12.5 Å². The molecule has 3 heterocycles. The molecule has 0 fully saturated rings. The molecule has 8 heteroatoms. The molecule has 0 aliphatic rings. The van der Waals surface area contributed by atoms with E-state index in [2.05, 4.69) is 15.4 Å². The van der Waals surface area contributed by atoms with Crippen molar-refractivity contribution in [3.8, 4) is 11.3 Å². The number of para-hydroxylation sites is 2. The zero-order valence-electron chi connectivity index (χ0n) is 14.6. The van der Waals surface area contributed by atoms with Gasteiger partial charge in [0.1, 0.15) is 6.54 Å². The van der Waals surface area contributed by atoms with Crippen LogP contribution in [0.4, 0.5) is 0 Å². The normalized spacial score (nSPS) is 11.0. The van der Waals surface area contributed by atoms with E-state index in [9.17, 15) is 9.59 Å². The summed E-state index contributed by atoms with van der Waals surface area (Å²) in [5, 5.41) is 7.00. The molecule has 0 radical (unpaired) electrons. The van der Waals surface area contributed by atoms with Gasteiger partial charge in [-0.1, -0.05) is 18.2 Å². The smallest absolute Gasteiger partial charge is 0.408 e. The minimum Gasteiger partial charge on any atom is -0.408 e. The number of nitrogens with zero attached hydrogens (tertiary/aromatic N) is 4. The number of hydrogen-bond donors (Lipinski definition) is 1. The van der Waals surface area contributed by atoms with Gasteiger partial charge in [-0.15, -0.1) is 0 Å². The Bertz CT molecular complexity index is 1170. The molecular formula is C19H17N5O3. The second-order valence-electron chi connectivity index (χ2n) is 6.11. The Labute approximate surface area is 154 Å². The minimum atomic E-state index is -0.552. The third kappa shape index (κ3) is 3.37. The van der Waals surface area contributed by atoms with E-state index in [0.29, 0.717) is 17.6 Å². The zero-order valence-corrected chi connectivity index (χ0v) is 14.6. The number of amides is 1. The highest BCUT2D eigenvalue weighted by Gasteiger charge is 2.13. The lowest BCUT2D eigenvalue weighted by atomic mass is 10.1. The van der Waals surface area contributed by atoms with Crippen LogP contribution >= 0.6 is 0 Å². The highest BCUT2D eigenvalue weighted by Crippen LogP contribution is 2.20. The first-order valence-electron chi connectivity index (χ1n) is 8.40. The van der Waals surface area contributed by atoms with Crippen molar-refractivity contribution in [2.75, 3.05) is 0 Å². The molecule has 1 amide bonds. The van der Waals surface area contributed by atoms with Gasteiger partial charge >= 0.3 is 5.76 Å². The maximum atomic E-state index is 12.4. The highest BCUT2D eigenvalue weighted by molar-refractivity contribution is 5.79. The lowest BCUT2D eigenvalue weighted by molar-refractivity contribution is -0.121. The summed E-state index contributed by atoms with van der Waals surface area (Å²) >= 11 is 0. The molecule has 0 spiro atoms. The van der Waals surface area contributed by atoms with Crippen LogP contribution in [0.3, 0.4) is 0 Å². The molecule has 0 aliphatic heterocycles. The number of oxazole rings is 1. The van der Waals surface area contributed by atoms with Gasteiger partial charge in [-0.25, -0.2) is 4.79 Å². The first-order valence-corrected chi connectivity index (χ1v) is 8.40. The van der Waals surface area contributed by atoms with Crippen LogP contribution < -0.4 is 11.1 Å². The average molecular weight is 363 g/mol. The lowest BCUT2D eigenvalue weighted by Crippen LogP contribution is -2.30. The number of nitrogens with one attached hydrogen (secondary N) is 1. The Morgan fingerprint density at radius 3 is 2.89 bits per heavy atom. The van der Waals surface area contributed by atoms with E-state index in [4.69, 9.17) is 4.42 Å². The monoisotopic (exact) mass is 363 g/mol. The SMILES string of the molecule is Cn1cc(-c2ncccc2CNC(=O)Cn2c(=O)oc3ccccc32)cn1. The Kier molecular flexibility index (Phi) is 4.29. The van der Waals surface area contributed by atoms with Crippen LogP contribution in [0.25, 0.3) is 22.4 Å². The maximum Gasteiger partial charge on any atom is 0.420 e. The lowest BCUT2D eigenvalue weighted by Gasteiger charge is -2.09. The average Bonchev–Trinajstić information content (AvgIpc) is 3.24. The van der Waals surface area contributed by atoms with Crippen molar-refractivity contribution in [3.05, 3.63) is 71.1 Å². The van der Waals surface area contributed by atoms with Crippen molar-refractivity contribution in [2.45, 2.75) is 13.1 Å². The van der Waals surface area contributed by atoms with Gasteiger partial charge in [0.05, 0.1) is 17.4 Å². The molecule has 0 aliphatic carbocycles. The highest BCUT2D eigenvalue weighted by atomic mass is 16.4. The number of carbonyl (C=O) groups is 1. The molecule has 3 aromatic heterocycles. The molecular weight excluding hydrogens is 346 g/mol. The first kappa shape index (κ1) is 16.8. The van der Waals surface area contributed by atoms with Crippen LogP contribution in [0.5, 0.6) is 0 Å². The van der Waals surface area contributed by atoms with Crippen molar-refractivity contribution in [3.63, 3.8) is 0 Å². The number of rotatable bonds is 5. The Hall–Kier alpha value is -3.68. The summed E-state index contributed by atoms with van der Waals surface area (Å²) in [5.41, 5.74) is 3.55. The summed E-state index contributed by atoms with van der Waals surface area (Å²) in [6.45, 7) is 0.180. The number of fused-ring (bicyclic) bond motifs is 1. The number of aryl methyl sites for hydroxylation is 1. The number of benzene rings is 1. The van der Waals surface area contributed by atoms with E-state index < -0.39 is 5.76 Å². The predicted molar refractivity (Wildman–Crippen MR) is 98.8 cm³/mol. The molecule has 136 valence electrons. The molecule has 4 rings (SSSR count). The number of carbonyl (C=O) groups excluding carboxylic acids is 1. The molecule has 0 saturated carbocycles. The Morgan fingerprint density at radius 2 is 2.07 bits per heavy atom. The second-order valence-corrected chi connectivity index (χ2v) is 6.11. The van der Waals surface area contributed by atoms with Gasteiger partial charge in [0.25, 0.3) is 0 Å². The zero-order chi connectivity index (χ0) is 18.8. The maximum absolute atomic E-state index is 12.4. The second kappa shape index (κ2) is 6.91. The molecule has 4 aromatic rings. The van der Waals surface area contributed by atoms with Crippen LogP contribution in [0, 0.1) is 0 Å². The van der Waals surface area contributed by atoms with Crippen LogP contribution in [0.15, 0.2) is 64.2 Å². The van der Waals surface area contributed by atoms with Gasteiger partial charge in [-0.3, -0.25) is 19.0 Å². The topological polar surface area (TPSA) is 95.0 Å². The fraction of sp³-hybridized carbons (Fsp3) is 0.158. The van der Waals surface area contributed by atoms with Gasteiger partial charge in [0.2, 0.25) is 5.91 Å². The van der Waals surface area contributed by atoms with Crippen molar-refractivity contribution in [1.82, 2.24) is 24.6 Å². The van der Waals surface area contributed by atoms with E-state index in [0.717, 1.165) is 16.8 Å². The number of aromatic nitrogens is 4. The summed E-state index contributed by atoms with van der Waals surface area (Å²) in [7, 11) is 1.83.